The molecule has 0 aromatic carbocycles. The zero-order chi connectivity index (χ0) is 10.1. The van der Waals surface area contributed by atoms with Crippen molar-refractivity contribution in [2.24, 2.45) is 0 Å². The van der Waals surface area contributed by atoms with E-state index >= 15 is 0 Å². The lowest BCUT2D eigenvalue weighted by Gasteiger charge is -2.06. The van der Waals surface area contributed by atoms with Crippen LogP contribution in [0.3, 0.4) is 0 Å². The Morgan fingerprint density at radius 2 is 2.08 bits per heavy atom. The van der Waals surface area contributed by atoms with Crippen LogP contribution in [0.4, 0.5) is 0 Å². The van der Waals surface area contributed by atoms with Gasteiger partial charge in [-0.1, -0.05) is 37.6 Å². The van der Waals surface area contributed by atoms with E-state index < -0.39 is 0 Å². The molecule has 0 aromatic rings. The van der Waals surface area contributed by atoms with Crippen LogP contribution in [-0.2, 0) is 4.74 Å². The maximum Gasteiger partial charge on any atom is 0.0730 e. The van der Waals surface area contributed by atoms with E-state index in [4.69, 9.17) is 4.74 Å². The second kappa shape index (κ2) is 8.06. The molecule has 0 aliphatic heterocycles. The Kier molecular flexibility index (Phi) is 7.71. The molecule has 0 aliphatic rings. The van der Waals surface area contributed by atoms with E-state index in [0.717, 1.165) is 19.4 Å². The summed E-state index contributed by atoms with van der Waals surface area (Å²) >= 11 is 0. The number of hydrogen-bond donors (Lipinski definition) is 0. The Labute approximate surface area is 82.5 Å². The average molecular weight is 182 g/mol. The first-order chi connectivity index (χ1) is 6.20. The van der Waals surface area contributed by atoms with Crippen molar-refractivity contribution in [1.29, 1.82) is 0 Å². The molecule has 1 atom stereocenters. The highest BCUT2D eigenvalue weighted by Crippen LogP contribution is 2.00. The topological polar surface area (TPSA) is 9.23 Å². The van der Waals surface area contributed by atoms with E-state index in [1.54, 1.807) is 0 Å². The van der Waals surface area contributed by atoms with Crippen LogP contribution >= 0.6 is 0 Å². The van der Waals surface area contributed by atoms with Gasteiger partial charge in [0.15, 0.2) is 0 Å². The van der Waals surface area contributed by atoms with Gasteiger partial charge in [0.25, 0.3) is 0 Å². The maximum absolute atomic E-state index is 5.51. The molecule has 1 nitrogen and oxygen atoms in total. The number of hydrogen-bond acceptors (Lipinski definition) is 1. The first-order valence-corrected chi connectivity index (χ1v) is 5.17. The average Bonchev–Trinajstić information content (AvgIpc) is 2.12. The van der Waals surface area contributed by atoms with Gasteiger partial charge in [0.1, 0.15) is 0 Å². The molecule has 13 heavy (non-hydrogen) atoms. The minimum Gasteiger partial charge on any atom is -0.374 e. The minimum atomic E-state index is 0.236. The summed E-state index contributed by atoms with van der Waals surface area (Å²) in [7, 11) is 0. The Hall–Kier alpha value is -0.560. The molecule has 0 aliphatic carbocycles. The fraction of sp³-hybridized carbons (Fsp3) is 0.667. The van der Waals surface area contributed by atoms with Gasteiger partial charge in [-0.25, -0.2) is 0 Å². The lowest BCUT2D eigenvalue weighted by molar-refractivity contribution is 0.0980. The number of ether oxygens (including phenoxy) is 1. The minimum absolute atomic E-state index is 0.236. The van der Waals surface area contributed by atoms with Crippen LogP contribution in [-0.4, -0.2) is 12.7 Å². The van der Waals surface area contributed by atoms with Crippen molar-refractivity contribution in [1.82, 2.24) is 0 Å². The highest BCUT2D eigenvalue weighted by atomic mass is 16.5. The van der Waals surface area contributed by atoms with Crippen LogP contribution in [0, 0.1) is 0 Å². The molecule has 0 radical (unpaired) electrons. The first kappa shape index (κ1) is 12.4. The molecule has 0 amide bonds. The van der Waals surface area contributed by atoms with Crippen LogP contribution in [0.25, 0.3) is 0 Å². The standard InChI is InChI=1S/C12H22O/c1-5-7-11(3)8-9-12(4)13-10-6-2/h7-9,12H,5-6,10H2,1-4H3/b9-8-,11-7-. The highest BCUT2D eigenvalue weighted by molar-refractivity contribution is 5.16. The molecule has 76 valence electrons. The van der Waals surface area contributed by atoms with E-state index in [1.165, 1.54) is 5.57 Å². The predicted molar refractivity (Wildman–Crippen MR) is 58.9 cm³/mol. The molecule has 1 heteroatoms. The Balaban J connectivity index is 3.75. The summed E-state index contributed by atoms with van der Waals surface area (Å²) in [5.74, 6) is 0. The normalized spacial score (nSPS) is 15.2. The van der Waals surface area contributed by atoms with Crippen molar-refractivity contribution in [2.75, 3.05) is 6.61 Å². The van der Waals surface area contributed by atoms with Gasteiger partial charge in [0, 0.05) is 6.61 Å². The third-order valence-electron chi connectivity index (χ3n) is 1.74. The largest absolute Gasteiger partial charge is 0.374 e. The Bertz CT molecular complexity index is 168. The summed E-state index contributed by atoms with van der Waals surface area (Å²) < 4.78 is 5.51. The Morgan fingerprint density at radius 1 is 1.38 bits per heavy atom. The van der Waals surface area contributed by atoms with Gasteiger partial charge in [-0.05, 0) is 26.7 Å². The smallest absolute Gasteiger partial charge is 0.0730 e. The SMILES string of the molecule is CC/C=C(C)\C=C/C(C)OCCC. The molecule has 0 aromatic heterocycles. The van der Waals surface area contributed by atoms with Crippen LogP contribution in [0.5, 0.6) is 0 Å². The Morgan fingerprint density at radius 3 is 2.62 bits per heavy atom. The summed E-state index contributed by atoms with van der Waals surface area (Å²) in [6, 6.07) is 0. The monoisotopic (exact) mass is 182 g/mol. The van der Waals surface area contributed by atoms with Crippen LogP contribution in [0.15, 0.2) is 23.8 Å². The van der Waals surface area contributed by atoms with Crippen molar-refractivity contribution in [3.8, 4) is 0 Å². The van der Waals surface area contributed by atoms with E-state index in [2.05, 4.69) is 45.9 Å². The molecule has 1 unspecified atom stereocenters. The van der Waals surface area contributed by atoms with E-state index in [-0.39, 0.29) is 6.10 Å². The summed E-state index contributed by atoms with van der Waals surface area (Å²) in [6.07, 6.45) is 8.87. The van der Waals surface area contributed by atoms with Crippen LogP contribution in [0.2, 0.25) is 0 Å². The fourth-order valence-corrected chi connectivity index (χ4v) is 1.04. The van der Waals surface area contributed by atoms with Crippen molar-refractivity contribution < 1.29 is 4.74 Å². The molecular weight excluding hydrogens is 160 g/mol. The molecule has 0 spiro atoms. The number of rotatable bonds is 6. The molecule has 0 N–H and O–H groups in total. The van der Waals surface area contributed by atoms with E-state index in [1.807, 2.05) is 0 Å². The fourth-order valence-electron chi connectivity index (χ4n) is 1.04. The lowest BCUT2D eigenvalue weighted by Crippen LogP contribution is -2.04. The quantitative estimate of drug-likeness (QED) is 0.569. The van der Waals surface area contributed by atoms with Gasteiger partial charge in [0.2, 0.25) is 0 Å². The summed E-state index contributed by atoms with van der Waals surface area (Å²) in [5, 5.41) is 0. The summed E-state index contributed by atoms with van der Waals surface area (Å²) in [6.45, 7) is 9.31. The van der Waals surface area contributed by atoms with Gasteiger partial charge in [0.05, 0.1) is 6.10 Å². The maximum atomic E-state index is 5.51. The van der Waals surface area contributed by atoms with Gasteiger partial charge in [-0.2, -0.15) is 0 Å². The van der Waals surface area contributed by atoms with E-state index in [9.17, 15) is 0 Å². The van der Waals surface area contributed by atoms with Crippen molar-refractivity contribution >= 4 is 0 Å². The molecule has 0 rings (SSSR count). The van der Waals surface area contributed by atoms with Gasteiger partial charge in [-0.15, -0.1) is 0 Å². The first-order valence-electron chi connectivity index (χ1n) is 5.17. The van der Waals surface area contributed by atoms with Gasteiger partial charge >= 0.3 is 0 Å². The van der Waals surface area contributed by atoms with Crippen LogP contribution in [0.1, 0.15) is 40.5 Å². The van der Waals surface area contributed by atoms with Gasteiger partial charge in [-0.3, -0.25) is 0 Å². The predicted octanol–water partition coefficient (Wildman–Crippen LogP) is 3.71. The molecule has 0 fully saturated rings. The zero-order valence-corrected chi connectivity index (χ0v) is 9.34. The lowest BCUT2D eigenvalue weighted by atomic mass is 10.2. The second-order valence-corrected chi connectivity index (χ2v) is 3.29. The summed E-state index contributed by atoms with van der Waals surface area (Å²) in [5.41, 5.74) is 1.31. The van der Waals surface area contributed by atoms with Crippen LogP contribution < -0.4 is 0 Å². The molecule has 0 heterocycles. The molecule has 0 saturated heterocycles. The van der Waals surface area contributed by atoms with Gasteiger partial charge < -0.3 is 4.74 Å². The zero-order valence-electron chi connectivity index (χ0n) is 9.34. The summed E-state index contributed by atoms with van der Waals surface area (Å²) in [4.78, 5) is 0. The molecule has 0 saturated carbocycles. The molecular formula is C12H22O. The van der Waals surface area contributed by atoms with Crippen molar-refractivity contribution in [3.05, 3.63) is 23.8 Å². The second-order valence-electron chi connectivity index (χ2n) is 3.29. The van der Waals surface area contributed by atoms with Crippen molar-refractivity contribution in [3.63, 3.8) is 0 Å². The third kappa shape index (κ3) is 7.79. The van der Waals surface area contributed by atoms with E-state index in [0.29, 0.717) is 0 Å². The van der Waals surface area contributed by atoms with Crippen molar-refractivity contribution in [2.45, 2.75) is 46.6 Å². The molecule has 0 bridgehead atoms. The third-order valence-corrected chi connectivity index (χ3v) is 1.74. The number of allylic oxidation sites excluding steroid dienone is 3. The highest BCUT2D eigenvalue weighted by Gasteiger charge is 1.93.